The molecule has 0 aliphatic rings. The van der Waals surface area contributed by atoms with Gasteiger partial charge in [-0.05, 0) is 19.1 Å². The molecule has 0 atom stereocenters. The first-order valence-corrected chi connectivity index (χ1v) is 7.59. The van der Waals surface area contributed by atoms with Gasteiger partial charge in [0, 0.05) is 12.6 Å². The van der Waals surface area contributed by atoms with Crippen LogP contribution in [0.25, 0.3) is 0 Å². The first-order valence-electron chi connectivity index (χ1n) is 6.83. The zero-order valence-corrected chi connectivity index (χ0v) is 14.2. The van der Waals surface area contributed by atoms with Crippen LogP contribution in [0.3, 0.4) is 0 Å². The Morgan fingerprint density at radius 1 is 1.32 bits per heavy atom. The summed E-state index contributed by atoms with van der Waals surface area (Å²) in [5.41, 5.74) is -0.621. The second-order valence-electron chi connectivity index (χ2n) is 4.86. The van der Waals surface area contributed by atoms with E-state index in [1.807, 2.05) is 0 Å². The van der Waals surface area contributed by atoms with Gasteiger partial charge in [0.1, 0.15) is 0 Å². The number of halogens is 5. The van der Waals surface area contributed by atoms with Gasteiger partial charge in [-0.3, -0.25) is 0 Å². The molecule has 0 unspecified atom stereocenters. The van der Waals surface area contributed by atoms with E-state index < -0.39 is 17.8 Å². The SMILES string of the molecule is Cc1cc(Oc2c(Cl)cc(C(F)(F)F)cc2Cl)nn1C(=O)NCCO. The third-order valence-electron chi connectivity index (χ3n) is 2.98. The van der Waals surface area contributed by atoms with Gasteiger partial charge in [-0.15, -0.1) is 5.10 Å². The molecule has 2 rings (SSSR count). The van der Waals surface area contributed by atoms with Crippen molar-refractivity contribution in [3.05, 3.63) is 39.5 Å². The van der Waals surface area contributed by atoms with E-state index in [2.05, 4.69) is 10.4 Å². The molecule has 1 aromatic heterocycles. The van der Waals surface area contributed by atoms with Crippen LogP contribution in [0.2, 0.25) is 10.0 Å². The summed E-state index contributed by atoms with van der Waals surface area (Å²) in [7, 11) is 0. The van der Waals surface area contributed by atoms with Crippen molar-refractivity contribution in [3.8, 4) is 11.6 Å². The number of hydrogen-bond donors (Lipinski definition) is 2. The summed E-state index contributed by atoms with van der Waals surface area (Å²) in [4.78, 5) is 11.8. The molecule has 25 heavy (non-hydrogen) atoms. The Bertz CT molecular complexity index is 770. The molecule has 136 valence electrons. The molecule has 1 amide bonds. The van der Waals surface area contributed by atoms with Crippen LogP contribution >= 0.6 is 23.2 Å². The monoisotopic (exact) mass is 397 g/mol. The van der Waals surface area contributed by atoms with Gasteiger partial charge in [0.15, 0.2) is 5.75 Å². The predicted octanol–water partition coefficient (Wildman–Crippen LogP) is 3.86. The minimum Gasteiger partial charge on any atom is -0.434 e. The molecule has 0 aliphatic carbocycles. The second-order valence-corrected chi connectivity index (χ2v) is 5.67. The van der Waals surface area contributed by atoms with Crippen LogP contribution in [-0.4, -0.2) is 34.1 Å². The van der Waals surface area contributed by atoms with Gasteiger partial charge in [0.25, 0.3) is 0 Å². The van der Waals surface area contributed by atoms with Gasteiger partial charge < -0.3 is 15.2 Å². The number of aromatic nitrogens is 2. The Hall–Kier alpha value is -1.97. The molecule has 1 heterocycles. The van der Waals surface area contributed by atoms with Gasteiger partial charge in [-0.25, -0.2) is 4.79 Å². The Kier molecular flexibility index (Phi) is 5.81. The molecule has 2 N–H and O–H groups in total. The molecule has 11 heteroatoms. The van der Waals surface area contributed by atoms with Gasteiger partial charge >= 0.3 is 12.2 Å². The lowest BCUT2D eigenvalue weighted by molar-refractivity contribution is -0.137. The van der Waals surface area contributed by atoms with Gasteiger partial charge in [-0.1, -0.05) is 23.2 Å². The number of ether oxygens (including phenoxy) is 1. The highest BCUT2D eigenvalue weighted by Gasteiger charge is 2.32. The average molecular weight is 398 g/mol. The fraction of sp³-hybridized carbons (Fsp3) is 0.286. The Morgan fingerprint density at radius 2 is 1.92 bits per heavy atom. The first-order chi connectivity index (χ1) is 11.6. The van der Waals surface area contributed by atoms with E-state index in [-0.39, 0.29) is 34.8 Å². The van der Waals surface area contributed by atoms with E-state index in [4.69, 9.17) is 33.0 Å². The zero-order valence-electron chi connectivity index (χ0n) is 12.7. The van der Waals surface area contributed by atoms with Gasteiger partial charge in [0.2, 0.25) is 5.88 Å². The van der Waals surface area contributed by atoms with Crippen molar-refractivity contribution in [2.24, 2.45) is 0 Å². The molecule has 0 spiro atoms. The van der Waals surface area contributed by atoms with Gasteiger partial charge in [0.05, 0.1) is 27.9 Å². The van der Waals surface area contributed by atoms with Gasteiger partial charge in [-0.2, -0.15) is 17.9 Å². The summed E-state index contributed by atoms with van der Waals surface area (Å²) in [6.45, 7) is 1.35. The molecule has 1 aromatic carbocycles. The van der Waals surface area contributed by atoms with Crippen LogP contribution in [0.1, 0.15) is 11.3 Å². The molecular weight excluding hydrogens is 386 g/mol. The number of benzene rings is 1. The first kappa shape index (κ1) is 19.4. The van der Waals surface area contributed by atoms with E-state index in [1.54, 1.807) is 6.92 Å². The van der Waals surface area contributed by atoms with E-state index >= 15 is 0 Å². The third-order valence-corrected chi connectivity index (χ3v) is 3.54. The molecule has 0 saturated carbocycles. The number of amides is 1. The van der Waals surface area contributed by atoms with Crippen molar-refractivity contribution < 1.29 is 27.8 Å². The summed E-state index contributed by atoms with van der Waals surface area (Å²) < 4.78 is 44.5. The predicted molar refractivity (Wildman–Crippen MR) is 84.4 cm³/mol. The second kappa shape index (κ2) is 7.51. The lowest BCUT2D eigenvalue weighted by atomic mass is 10.2. The van der Waals surface area contributed by atoms with Crippen LogP contribution < -0.4 is 10.1 Å². The Balaban J connectivity index is 2.27. The van der Waals surface area contributed by atoms with E-state index in [1.165, 1.54) is 6.07 Å². The number of aliphatic hydroxyl groups is 1. The third kappa shape index (κ3) is 4.56. The van der Waals surface area contributed by atoms with Crippen molar-refractivity contribution >= 4 is 29.2 Å². The summed E-state index contributed by atoms with van der Waals surface area (Å²) >= 11 is 11.6. The number of aryl methyl sites for hydroxylation is 1. The molecule has 0 bridgehead atoms. The standard InChI is InChI=1S/C14H12Cl2F3N3O3/c1-7-4-11(21-22(7)13(24)20-2-3-23)25-12-9(15)5-8(6-10(12)16)14(17,18)19/h4-6,23H,2-3H2,1H3,(H,20,24). The smallest absolute Gasteiger partial charge is 0.416 e. The summed E-state index contributed by atoms with van der Waals surface area (Å²) in [6.07, 6.45) is -4.60. The molecule has 6 nitrogen and oxygen atoms in total. The highest BCUT2D eigenvalue weighted by Crippen LogP contribution is 2.41. The molecule has 0 aliphatic heterocycles. The Labute approximate surface area is 150 Å². The molecule has 0 radical (unpaired) electrons. The number of hydrogen-bond acceptors (Lipinski definition) is 4. The summed E-state index contributed by atoms with van der Waals surface area (Å²) in [5, 5.41) is 14.3. The van der Waals surface area contributed by atoms with Crippen molar-refractivity contribution in [1.29, 1.82) is 0 Å². The molecule has 0 saturated heterocycles. The number of carbonyl (C=O) groups excluding carboxylic acids is 1. The maximum atomic E-state index is 12.7. The van der Waals surface area contributed by atoms with E-state index in [0.29, 0.717) is 17.8 Å². The van der Waals surface area contributed by atoms with Crippen molar-refractivity contribution in [1.82, 2.24) is 15.1 Å². The number of rotatable bonds is 4. The number of alkyl halides is 3. The lowest BCUT2D eigenvalue weighted by Crippen LogP contribution is -2.32. The van der Waals surface area contributed by atoms with Crippen LogP contribution in [0.5, 0.6) is 11.6 Å². The number of carbonyl (C=O) groups is 1. The Morgan fingerprint density at radius 3 is 2.44 bits per heavy atom. The largest absolute Gasteiger partial charge is 0.434 e. The minimum atomic E-state index is -4.60. The fourth-order valence-corrected chi connectivity index (χ4v) is 2.43. The number of nitrogens with zero attached hydrogens (tertiary/aromatic N) is 2. The van der Waals surface area contributed by atoms with Crippen LogP contribution in [-0.2, 0) is 6.18 Å². The van der Waals surface area contributed by atoms with E-state index in [9.17, 15) is 18.0 Å². The van der Waals surface area contributed by atoms with Crippen molar-refractivity contribution in [2.75, 3.05) is 13.2 Å². The van der Waals surface area contributed by atoms with Crippen LogP contribution in [0, 0.1) is 6.92 Å². The fourth-order valence-electron chi connectivity index (χ4n) is 1.86. The minimum absolute atomic E-state index is 0.0326. The zero-order chi connectivity index (χ0) is 18.8. The summed E-state index contributed by atoms with van der Waals surface area (Å²) in [5.74, 6) is -0.294. The normalized spacial score (nSPS) is 11.5. The quantitative estimate of drug-likeness (QED) is 0.820. The van der Waals surface area contributed by atoms with Crippen molar-refractivity contribution in [3.63, 3.8) is 0 Å². The highest BCUT2D eigenvalue weighted by molar-refractivity contribution is 6.37. The maximum absolute atomic E-state index is 12.7. The average Bonchev–Trinajstić information content (AvgIpc) is 2.88. The number of nitrogens with one attached hydrogen (secondary N) is 1. The van der Waals surface area contributed by atoms with E-state index in [0.717, 1.165) is 4.68 Å². The van der Waals surface area contributed by atoms with Crippen molar-refractivity contribution in [2.45, 2.75) is 13.1 Å². The highest BCUT2D eigenvalue weighted by atomic mass is 35.5. The van der Waals surface area contributed by atoms with Crippen LogP contribution in [0.15, 0.2) is 18.2 Å². The number of aliphatic hydroxyl groups excluding tert-OH is 1. The molecule has 2 aromatic rings. The topological polar surface area (TPSA) is 76.4 Å². The maximum Gasteiger partial charge on any atom is 0.416 e. The molecule has 0 fully saturated rings. The summed E-state index contributed by atoms with van der Waals surface area (Å²) in [6, 6.07) is 2.13. The van der Waals surface area contributed by atoms with Crippen LogP contribution in [0.4, 0.5) is 18.0 Å². The lowest BCUT2D eigenvalue weighted by Gasteiger charge is -2.11. The molecular formula is C14H12Cl2F3N3O3.